The number of para-hydroxylation sites is 2. The number of rotatable bonds is 7. The van der Waals surface area contributed by atoms with E-state index in [0.717, 1.165) is 11.3 Å². The summed E-state index contributed by atoms with van der Waals surface area (Å²) in [4.78, 5) is 24.3. The van der Waals surface area contributed by atoms with E-state index in [4.69, 9.17) is 10.5 Å². The largest absolute Gasteiger partial charge is 0.383 e. The minimum atomic E-state index is -0.349. The maximum atomic E-state index is 12.9. The van der Waals surface area contributed by atoms with Gasteiger partial charge in [-0.15, -0.1) is 0 Å². The number of methoxy groups -OCH3 is 1. The zero-order valence-corrected chi connectivity index (χ0v) is 18.2. The molecule has 0 atom stereocenters. The lowest BCUT2D eigenvalue weighted by Gasteiger charge is -2.11. The number of ether oxygens (including phenoxy) is 1. The molecular formula is C23H25N7O2. The van der Waals surface area contributed by atoms with Crippen molar-refractivity contribution in [1.82, 2.24) is 20.0 Å². The summed E-state index contributed by atoms with van der Waals surface area (Å²) in [7, 11) is 5.54. The van der Waals surface area contributed by atoms with E-state index < -0.39 is 0 Å². The highest BCUT2D eigenvalue weighted by Crippen LogP contribution is 2.27. The normalized spacial score (nSPS) is 11.5. The van der Waals surface area contributed by atoms with Crippen molar-refractivity contribution in [2.24, 2.45) is 5.10 Å². The molecule has 4 rings (SSSR count). The molecule has 0 bridgehead atoms. The molecule has 0 aliphatic rings. The lowest BCUT2D eigenvalue weighted by Crippen LogP contribution is -2.27. The van der Waals surface area contributed by atoms with Crippen LogP contribution in [0.3, 0.4) is 0 Å². The van der Waals surface area contributed by atoms with Gasteiger partial charge in [-0.1, -0.05) is 24.3 Å². The molecule has 9 heteroatoms. The Morgan fingerprint density at radius 2 is 1.84 bits per heavy atom. The topological polar surface area (TPSA) is 111 Å². The van der Waals surface area contributed by atoms with Crippen LogP contribution in [-0.4, -0.2) is 61.1 Å². The Bertz CT molecular complexity index is 1290. The molecule has 0 saturated carbocycles. The van der Waals surface area contributed by atoms with Gasteiger partial charge in [-0.05, 0) is 29.8 Å². The quantitative estimate of drug-likeness (QED) is 0.344. The Kier molecular flexibility index (Phi) is 6.00. The molecule has 0 unspecified atom stereocenters. The summed E-state index contributed by atoms with van der Waals surface area (Å²) in [6, 6.07) is 15.4. The van der Waals surface area contributed by atoms with Crippen molar-refractivity contribution in [3.63, 3.8) is 0 Å². The summed E-state index contributed by atoms with van der Waals surface area (Å²) in [6.45, 7) is 0.740. The highest BCUT2D eigenvalue weighted by Gasteiger charge is 2.23. The fourth-order valence-electron chi connectivity index (χ4n) is 3.33. The number of benzene rings is 2. The van der Waals surface area contributed by atoms with E-state index in [1.807, 2.05) is 67.5 Å². The average molecular weight is 432 g/mol. The number of carbonyl (C=O) groups excluding carboxylic acids is 1. The molecule has 1 amide bonds. The van der Waals surface area contributed by atoms with Crippen molar-refractivity contribution in [2.75, 3.05) is 45.0 Å². The molecule has 3 N–H and O–H groups in total. The predicted molar refractivity (Wildman–Crippen MR) is 127 cm³/mol. The fraction of sp³-hybridized carbons (Fsp3) is 0.217. The number of hydrogen-bond acceptors (Lipinski definition) is 7. The number of carbonyl (C=O) groups is 1. The lowest BCUT2D eigenvalue weighted by molar-refractivity contribution is 0.0939. The van der Waals surface area contributed by atoms with Crippen molar-refractivity contribution in [3.8, 4) is 0 Å². The first-order valence-corrected chi connectivity index (χ1v) is 10.1. The van der Waals surface area contributed by atoms with Crippen LogP contribution in [0.1, 0.15) is 15.9 Å². The summed E-state index contributed by atoms with van der Waals surface area (Å²) in [6.07, 6.45) is 1.68. The zero-order chi connectivity index (χ0) is 22.7. The van der Waals surface area contributed by atoms with Gasteiger partial charge in [0.2, 0.25) is 0 Å². The second-order valence-corrected chi connectivity index (χ2v) is 7.44. The van der Waals surface area contributed by atoms with E-state index in [1.165, 1.54) is 4.68 Å². The molecule has 0 aliphatic carbocycles. The molecule has 0 saturated heterocycles. The minimum absolute atomic E-state index is 0.173. The van der Waals surface area contributed by atoms with Crippen LogP contribution in [0.4, 0.5) is 11.5 Å². The van der Waals surface area contributed by atoms with Crippen LogP contribution in [-0.2, 0) is 4.74 Å². The Balaban J connectivity index is 1.80. The number of nitrogen functional groups attached to an aromatic ring is 1. The highest BCUT2D eigenvalue weighted by atomic mass is 16.5. The second-order valence-electron chi connectivity index (χ2n) is 7.44. The first-order chi connectivity index (χ1) is 15.5. The summed E-state index contributed by atoms with van der Waals surface area (Å²) in [5.41, 5.74) is 10.8. The Morgan fingerprint density at radius 3 is 2.50 bits per heavy atom. The van der Waals surface area contributed by atoms with Crippen LogP contribution in [0, 0.1) is 0 Å². The van der Waals surface area contributed by atoms with Crippen molar-refractivity contribution in [1.29, 1.82) is 0 Å². The van der Waals surface area contributed by atoms with Gasteiger partial charge >= 0.3 is 0 Å². The predicted octanol–water partition coefficient (Wildman–Crippen LogP) is 2.49. The van der Waals surface area contributed by atoms with E-state index in [2.05, 4.69) is 20.4 Å². The van der Waals surface area contributed by atoms with Crippen molar-refractivity contribution >= 4 is 45.8 Å². The van der Waals surface area contributed by atoms with E-state index in [0.29, 0.717) is 35.3 Å². The molecule has 2 aromatic carbocycles. The van der Waals surface area contributed by atoms with Crippen LogP contribution in [0.5, 0.6) is 0 Å². The van der Waals surface area contributed by atoms with E-state index in [1.54, 1.807) is 13.3 Å². The van der Waals surface area contributed by atoms with Gasteiger partial charge in [-0.2, -0.15) is 9.78 Å². The van der Waals surface area contributed by atoms with E-state index in [-0.39, 0.29) is 17.3 Å². The molecule has 32 heavy (non-hydrogen) atoms. The van der Waals surface area contributed by atoms with Gasteiger partial charge in [-0.25, -0.2) is 9.97 Å². The number of nitrogens with zero attached hydrogens (tertiary/aromatic N) is 5. The van der Waals surface area contributed by atoms with Gasteiger partial charge in [-0.3, -0.25) is 4.79 Å². The summed E-state index contributed by atoms with van der Waals surface area (Å²) in [5, 5.41) is 7.33. The number of fused-ring (bicyclic) bond motifs is 2. The van der Waals surface area contributed by atoms with E-state index >= 15 is 0 Å². The SMILES string of the molecule is COCCNC(=O)c1c(N)n(/N=C\c2ccc(N(C)C)cc2)c2nc3ccccc3nc12. The summed E-state index contributed by atoms with van der Waals surface area (Å²) < 4.78 is 6.47. The van der Waals surface area contributed by atoms with Crippen LogP contribution in [0.2, 0.25) is 0 Å². The minimum Gasteiger partial charge on any atom is -0.383 e. The van der Waals surface area contributed by atoms with Gasteiger partial charge < -0.3 is 20.7 Å². The van der Waals surface area contributed by atoms with Crippen molar-refractivity contribution < 1.29 is 9.53 Å². The molecule has 0 radical (unpaired) electrons. The Hall–Kier alpha value is -3.98. The number of nitrogens with one attached hydrogen (secondary N) is 1. The molecule has 0 fully saturated rings. The lowest BCUT2D eigenvalue weighted by atomic mass is 10.2. The Labute approximate surface area is 185 Å². The van der Waals surface area contributed by atoms with Gasteiger partial charge in [0, 0.05) is 33.4 Å². The monoisotopic (exact) mass is 431 g/mol. The Morgan fingerprint density at radius 1 is 1.16 bits per heavy atom. The number of nitrogens with two attached hydrogens (primary N) is 1. The number of hydrogen-bond donors (Lipinski definition) is 2. The first kappa shape index (κ1) is 21.3. The van der Waals surface area contributed by atoms with Crippen LogP contribution < -0.4 is 16.0 Å². The van der Waals surface area contributed by atoms with Gasteiger partial charge in [0.15, 0.2) is 5.65 Å². The average Bonchev–Trinajstić information content (AvgIpc) is 3.06. The molecule has 9 nitrogen and oxygen atoms in total. The second kappa shape index (κ2) is 9.03. The molecule has 0 aliphatic heterocycles. The number of amides is 1. The fourth-order valence-corrected chi connectivity index (χ4v) is 3.33. The standard InChI is InChI=1S/C23H25N7O2/c1-29(2)16-10-8-15(9-11-16)14-26-30-21(24)19(23(31)25-12-13-32-3)20-22(30)28-18-7-5-4-6-17(18)27-20/h4-11,14H,12-13,24H2,1-3H3,(H,25,31)/b26-14-. The molecule has 4 aromatic rings. The van der Waals surface area contributed by atoms with Crippen molar-refractivity contribution in [2.45, 2.75) is 0 Å². The van der Waals surface area contributed by atoms with Crippen LogP contribution in [0.25, 0.3) is 22.2 Å². The molecule has 164 valence electrons. The third-order valence-electron chi connectivity index (χ3n) is 5.02. The maximum Gasteiger partial charge on any atom is 0.257 e. The molecule has 2 aromatic heterocycles. The molecular weight excluding hydrogens is 406 g/mol. The van der Waals surface area contributed by atoms with Gasteiger partial charge in [0.05, 0.1) is 23.9 Å². The van der Waals surface area contributed by atoms with Gasteiger partial charge in [0.25, 0.3) is 5.91 Å². The van der Waals surface area contributed by atoms with Crippen LogP contribution >= 0.6 is 0 Å². The third kappa shape index (κ3) is 4.10. The van der Waals surface area contributed by atoms with Crippen LogP contribution in [0.15, 0.2) is 53.6 Å². The van der Waals surface area contributed by atoms with Gasteiger partial charge in [0.1, 0.15) is 16.9 Å². The molecule has 0 spiro atoms. The molecule has 2 heterocycles. The first-order valence-electron chi connectivity index (χ1n) is 10.1. The maximum absolute atomic E-state index is 12.9. The van der Waals surface area contributed by atoms with Crippen molar-refractivity contribution in [3.05, 3.63) is 59.7 Å². The number of aromatic nitrogens is 3. The zero-order valence-electron chi connectivity index (χ0n) is 18.2. The third-order valence-corrected chi connectivity index (χ3v) is 5.02. The smallest absolute Gasteiger partial charge is 0.257 e. The highest BCUT2D eigenvalue weighted by molar-refractivity contribution is 6.10. The van der Waals surface area contributed by atoms with E-state index in [9.17, 15) is 4.79 Å². The summed E-state index contributed by atoms with van der Waals surface area (Å²) >= 11 is 0. The number of anilines is 2. The summed E-state index contributed by atoms with van der Waals surface area (Å²) in [5.74, 6) is -0.176.